The monoisotopic (exact) mass is 1550 g/mol. The van der Waals surface area contributed by atoms with E-state index in [0.29, 0.717) is 0 Å². The van der Waals surface area contributed by atoms with Gasteiger partial charge in [0.1, 0.15) is 22.3 Å². The van der Waals surface area contributed by atoms with Gasteiger partial charge in [-0.25, -0.2) is 0 Å². The molecule has 0 fully saturated rings. The Morgan fingerprint density at radius 2 is 0.459 bits per heavy atom. The van der Waals surface area contributed by atoms with Gasteiger partial charge in [0.15, 0.2) is 0 Å². The summed E-state index contributed by atoms with van der Waals surface area (Å²) in [6.45, 7) is 0. The van der Waals surface area contributed by atoms with E-state index in [1.807, 2.05) is 0 Å². The second-order valence-corrected chi connectivity index (χ2v) is 32.2. The molecule has 0 aliphatic heterocycles. The molecule has 122 heavy (non-hydrogen) atoms. The molecule has 568 valence electrons. The molecule has 0 unspecified atom stereocenters. The molecule has 4 heteroatoms. The first-order chi connectivity index (χ1) is 60.4. The van der Waals surface area contributed by atoms with Crippen LogP contribution in [0.2, 0.25) is 0 Å². The molecule has 0 bridgehead atoms. The Labute approximate surface area is 705 Å². The SMILES string of the molecule is c1cc(-c2cccc3oc4c5ccccc5ccc4c23)cc(N(c2ccc(-c3ccc4ccccc4c3)cc2)c2ccc(-c3ccc4ccc(-c5ccc6cc(-c7ccc(N(c8ccc(-c9ccc(-c%10ccc%11ccccc%11c%10)cc9)cc8)c8cccc(-c9cccc%10oc%11c%12ccccc%12ccc%11c9%10)c8)cc7)c7ccccc7c6c5)cc4c3)cc2)c1. The number of nitrogens with zero attached hydrogens (tertiary/aromatic N) is 2. The molecule has 0 aliphatic carbocycles. The summed E-state index contributed by atoms with van der Waals surface area (Å²) in [4.78, 5) is 4.77. The van der Waals surface area contributed by atoms with Gasteiger partial charge in [0.25, 0.3) is 0 Å². The lowest BCUT2D eigenvalue weighted by molar-refractivity contribution is 0.672. The number of hydrogen-bond acceptors (Lipinski definition) is 4. The third-order valence-electron chi connectivity index (χ3n) is 25.2. The number of anilines is 6. The summed E-state index contributed by atoms with van der Waals surface area (Å²) in [5, 5.41) is 21.1. The minimum Gasteiger partial charge on any atom is -0.455 e. The summed E-state index contributed by atoms with van der Waals surface area (Å²) in [6, 6.07) is 165. The fraction of sp³-hybridized carbons (Fsp3) is 0. The van der Waals surface area contributed by atoms with Crippen LogP contribution < -0.4 is 9.80 Å². The van der Waals surface area contributed by atoms with Crippen molar-refractivity contribution in [2.24, 2.45) is 0 Å². The molecule has 0 aliphatic rings. The second-order valence-electron chi connectivity index (χ2n) is 32.2. The van der Waals surface area contributed by atoms with Crippen molar-refractivity contribution in [3.8, 4) is 89.0 Å². The van der Waals surface area contributed by atoms with Crippen LogP contribution in [-0.2, 0) is 0 Å². The standard InChI is InChI=1S/C118H74N2O2/c1-3-19-86-67-88(41-37-75(86)15-1)79-35-33-77(34-36-79)78-47-57-97(58-48-78)120(102-24-12-22-94(72-102)104-30-14-32-114-116(104)110-66-56-84-18-6-8-26-106(84)118(110)122-114)100-63-53-85(54-64-100)111-74-95-46-45-92(73-112(95)108-28-10-9-27-107(108)111)91-44-40-82-39-43-90(69-96(82)70-91)81-51-61-99(62-52-81)119(98-59-49-80(50-60-98)89-42-38-76-16-2-4-20-87(76)68-89)101-23-11-21-93(71-101)103-29-13-31-113-115(103)109-65-55-83-17-5-7-25-105(83)117(109)121-113/h1-74H. The molecule has 0 saturated carbocycles. The first kappa shape index (κ1) is 70.1. The first-order valence-corrected chi connectivity index (χ1v) is 41.9. The summed E-state index contributed by atoms with van der Waals surface area (Å²) in [5.41, 5.74) is 28.4. The first-order valence-electron chi connectivity index (χ1n) is 41.9. The summed E-state index contributed by atoms with van der Waals surface area (Å²) in [7, 11) is 0. The van der Waals surface area contributed by atoms with Crippen LogP contribution >= 0.6 is 0 Å². The van der Waals surface area contributed by atoms with Crippen molar-refractivity contribution in [1.82, 2.24) is 0 Å². The average molecular weight is 1550 g/mol. The molecule has 0 N–H and O–H groups in total. The molecule has 0 amide bonds. The molecule has 0 radical (unpaired) electrons. The zero-order valence-corrected chi connectivity index (χ0v) is 66.4. The molecular formula is C118H74N2O2. The molecule has 0 spiro atoms. The lowest BCUT2D eigenvalue weighted by Gasteiger charge is -2.26. The van der Waals surface area contributed by atoms with E-state index in [2.05, 4.69) is 459 Å². The topological polar surface area (TPSA) is 32.8 Å². The van der Waals surface area contributed by atoms with Gasteiger partial charge in [0, 0.05) is 66.4 Å². The van der Waals surface area contributed by atoms with E-state index in [0.717, 1.165) is 150 Å². The number of hydrogen-bond donors (Lipinski definition) is 0. The summed E-state index contributed by atoms with van der Waals surface area (Å²) < 4.78 is 13.4. The highest BCUT2D eigenvalue weighted by molar-refractivity contribution is 6.21. The lowest BCUT2D eigenvalue weighted by Crippen LogP contribution is -2.10. The maximum atomic E-state index is 6.73. The van der Waals surface area contributed by atoms with Crippen LogP contribution in [0.5, 0.6) is 0 Å². The third kappa shape index (κ3) is 12.2. The molecular weight excluding hydrogens is 1480 g/mol. The molecule has 24 aromatic rings. The molecule has 4 nitrogen and oxygen atoms in total. The normalized spacial score (nSPS) is 11.8. The van der Waals surface area contributed by atoms with Gasteiger partial charge >= 0.3 is 0 Å². The highest BCUT2D eigenvalue weighted by Gasteiger charge is 2.23. The van der Waals surface area contributed by atoms with Crippen LogP contribution in [0.25, 0.3) is 208 Å². The summed E-state index contributed by atoms with van der Waals surface area (Å²) in [6.07, 6.45) is 0. The third-order valence-corrected chi connectivity index (χ3v) is 25.2. The van der Waals surface area contributed by atoms with E-state index in [9.17, 15) is 0 Å². The number of rotatable bonds is 14. The van der Waals surface area contributed by atoms with Gasteiger partial charge in [-0.2, -0.15) is 0 Å². The van der Waals surface area contributed by atoms with Gasteiger partial charge in [0.05, 0.1) is 0 Å². The van der Waals surface area contributed by atoms with Gasteiger partial charge in [-0.1, -0.05) is 315 Å². The van der Waals surface area contributed by atoms with Crippen LogP contribution in [0.3, 0.4) is 0 Å². The molecule has 2 aromatic heterocycles. The maximum absolute atomic E-state index is 6.73. The molecule has 2 heterocycles. The Bertz CT molecular complexity index is 8300. The summed E-state index contributed by atoms with van der Waals surface area (Å²) >= 11 is 0. The van der Waals surface area contributed by atoms with Crippen molar-refractivity contribution in [2.75, 3.05) is 9.80 Å². The van der Waals surface area contributed by atoms with E-state index in [-0.39, 0.29) is 0 Å². The Morgan fingerprint density at radius 3 is 0.910 bits per heavy atom. The summed E-state index contributed by atoms with van der Waals surface area (Å²) in [5.74, 6) is 0. The maximum Gasteiger partial charge on any atom is 0.143 e. The van der Waals surface area contributed by atoms with E-state index in [4.69, 9.17) is 8.83 Å². The predicted molar refractivity (Wildman–Crippen MR) is 516 cm³/mol. The van der Waals surface area contributed by atoms with E-state index in [1.165, 1.54) is 92.8 Å². The van der Waals surface area contributed by atoms with Crippen molar-refractivity contribution in [3.05, 3.63) is 449 Å². The Hall–Kier alpha value is -16.1. The minimum atomic E-state index is 0.872. The fourth-order valence-electron chi connectivity index (χ4n) is 19.0. The zero-order chi connectivity index (χ0) is 80.3. The molecule has 0 saturated heterocycles. The minimum absolute atomic E-state index is 0.872. The zero-order valence-electron chi connectivity index (χ0n) is 66.4. The van der Waals surface area contributed by atoms with E-state index in [1.54, 1.807) is 0 Å². The van der Waals surface area contributed by atoms with Crippen molar-refractivity contribution in [1.29, 1.82) is 0 Å². The number of fused-ring (bicyclic) bond motifs is 16. The smallest absolute Gasteiger partial charge is 0.143 e. The fourth-order valence-corrected chi connectivity index (χ4v) is 19.0. The van der Waals surface area contributed by atoms with Crippen LogP contribution in [-0.4, -0.2) is 0 Å². The van der Waals surface area contributed by atoms with Crippen LogP contribution in [0.1, 0.15) is 0 Å². The van der Waals surface area contributed by atoms with Crippen molar-refractivity contribution in [3.63, 3.8) is 0 Å². The van der Waals surface area contributed by atoms with Gasteiger partial charge in [-0.15, -0.1) is 0 Å². The Balaban J connectivity index is 0.545. The number of furan rings is 2. The van der Waals surface area contributed by atoms with Gasteiger partial charge in [-0.3, -0.25) is 0 Å². The van der Waals surface area contributed by atoms with Crippen LogP contribution in [0.15, 0.2) is 458 Å². The van der Waals surface area contributed by atoms with Crippen LogP contribution in [0, 0.1) is 0 Å². The Morgan fingerprint density at radius 1 is 0.139 bits per heavy atom. The molecule has 0 atom stereocenters. The highest BCUT2D eigenvalue weighted by Crippen LogP contribution is 2.48. The predicted octanol–water partition coefficient (Wildman–Crippen LogP) is 33.8. The second kappa shape index (κ2) is 28.9. The van der Waals surface area contributed by atoms with Crippen LogP contribution in [0.4, 0.5) is 34.1 Å². The molecule has 22 aromatic carbocycles. The quantitative estimate of drug-likeness (QED) is 0.102. The average Bonchev–Trinajstić information content (AvgIpc) is 1.59. The van der Waals surface area contributed by atoms with Crippen molar-refractivity contribution in [2.45, 2.75) is 0 Å². The highest BCUT2D eigenvalue weighted by atomic mass is 16.3. The Kier molecular flexibility index (Phi) is 16.6. The lowest BCUT2D eigenvalue weighted by atomic mass is 9.91. The molecule has 24 rings (SSSR count). The van der Waals surface area contributed by atoms with Gasteiger partial charge in [0.2, 0.25) is 0 Å². The van der Waals surface area contributed by atoms with Gasteiger partial charge in [-0.05, 0) is 287 Å². The number of benzene rings is 22. The van der Waals surface area contributed by atoms with E-state index >= 15 is 0 Å². The van der Waals surface area contributed by atoms with E-state index < -0.39 is 0 Å². The van der Waals surface area contributed by atoms with Crippen molar-refractivity contribution >= 4 is 153 Å². The largest absolute Gasteiger partial charge is 0.455 e. The van der Waals surface area contributed by atoms with Crippen molar-refractivity contribution < 1.29 is 8.83 Å². The van der Waals surface area contributed by atoms with Gasteiger partial charge < -0.3 is 18.6 Å².